The highest BCUT2D eigenvalue weighted by Gasteiger charge is 2.18. The highest BCUT2D eigenvalue weighted by atomic mass is 32.2. The van der Waals surface area contributed by atoms with Crippen LogP contribution in [0.25, 0.3) is 0 Å². The van der Waals surface area contributed by atoms with Gasteiger partial charge in [0.2, 0.25) is 5.89 Å². The molecule has 0 aromatic carbocycles. The first-order chi connectivity index (χ1) is 11.1. The molecule has 3 rings (SSSR count). The highest BCUT2D eigenvalue weighted by molar-refractivity contribution is 7.98. The monoisotopic (exact) mass is 336 g/mol. The Morgan fingerprint density at radius 1 is 1.30 bits per heavy atom. The first kappa shape index (κ1) is 16.4. The third kappa shape index (κ3) is 4.11. The number of hydrogen-bond acceptors (Lipinski definition) is 7. The van der Waals surface area contributed by atoms with Gasteiger partial charge in [0.05, 0.1) is 5.75 Å². The van der Waals surface area contributed by atoms with Gasteiger partial charge in [-0.1, -0.05) is 30.8 Å². The number of piperidine rings is 1. The summed E-state index contributed by atoms with van der Waals surface area (Å²) in [5, 5.41) is 17.0. The number of thioether (sulfide) groups is 1. The average molecular weight is 336 g/mol. The largest absolute Gasteiger partial charge is 0.338 e. The van der Waals surface area contributed by atoms with E-state index in [1.54, 1.807) is 11.8 Å². The maximum Gasteiger partial charge on any atom is 0.237 e. The SMILES string of the molecule is CC(C)c1noc(CSc2nnc(CC3CCNCC3)n2C)n1. The summed E-state index contributed by atoms with van der Waals surface area (Å²) in [5.74, 6) is 4.07. The van der Waals surface area contributed by atoms with Crippen LogP contribution in [0.2, 0.25) is 0 Å². The van der Waals surface area contributed by atoms with Crippen LogP contribution in [0.3, 0.4) is 0 Å². The van der Waals surface area contributed by atoms with Gasteiger partial charge >= 0.3 is 0 Å². The highest BCUT2D eigenvalue weighted by Crippen LogP contribution is 2.23. The molecule has 0 amide bonds. The van der Waals surface area contributed by atoms with Gasteiger partial charge in [-0.3, -0.25) is 0 Å². The smallest absolute Gasteiger partial charge is 0.237 e. The van der Waals surface area contributed by atoms with Crippen LogP contribution in [-0.4, -0.2) is 38.0 Å². The minimum Gasteiger partial charge on any atom is -0.338 e. The molecule has 1 saturated heterocycles. The first-order valence-electron chi connectivity index (χ1n) is 8.17. The van der Waals surface area contributed by atoms with E-state index in [9.17, 15) is 0 Å². The van der Waals surface area contributed by atoms with E-state index in [-0.39, 0.29) is 5.92 Å². The van der Waals surface area contributed by atoms with Gasteiger partial charge in [0.15, 0.2) is 11.0 Å². The van der Waals surface area contributed by atoms with Crippen LogP contribution in [0.15, 0.2) is 9.68 Å². The molecule has 0 saturated carbocycles. The molecule has 0 radical (unpaired) electrons. The van der Waals surface area contributed by atoms with Crippen LogP contribution in [0.4, 0.5) is 0 Å². The van der Waals surface area contributed by atoms with Crippen molar-refractivity contribution in [2.75, 3.05) is 13.1 Å². The normalized spacial score (nSPS) is 16.3. The predicted molar refractivity (Wildman–Crippen MR) is 88.2 cm³/mol. The summed E-state index contributed by atoms with van der Waals surface area (Å²) in [5.41, 5.74) is 0. The summed E-state index contributed by atoms with van der Waals surface area (Å²) in [6, 6.07) is 0. The lowest BCUT2D eigenvalue weighted by molar-refractivity contribution is 0.363. The van der Waals surface area contributed by atoms with Crippen LogP contribution in [0.5, 0.6) is 0 Å². The molecule has 1 fully saturated rings. The second kappa shape index (κ2) is 7.44. The number of hydrogen-bond donors (Lipinski definition) is 1. The van der Waals surface area contributed by atoms with E-state index in [0.29, 0.717) is 17.6 Å². The molecule has 8 heteroatoms. The van der Waals surface area contributed by atoms with Crippen molar-refractivity contribution in [3.63, 3.8) is 0 Å². The lowest BCUT2D eigenvalue weighted by atomic mass is 9.94. The van der Waals surface area contributed by atoms with E-state index < -0.39 is 0 Å². The van der Waals surface area contributed by atoms with Crippen LogP contribution >= 0.6 is 11.8 Å². The fourth-order valence-electron chi connectivity index (χ4n) is 2.68. The van der Waals surface area contributed by atoms with Gasteiger partial charge in [-0.05, 0) is 31.8 Å². The lowest BCUT2D eigenvalue weighted by Crippen LogP contribution is -2.29. The molecule has 2 aromatic rings. The van der Waals surface area contributed by atoms with Gasteiger partial charge in [0.25, 0.3) is 0 Å². The second-order valence-electron chi connectivity index (χ2n) is 6.35. The van der Waals surface area contributed by atoms with Crippen LogP contribution in [0, 0.1) is 5.92 Å². The standard InChI is InChI=1S/C15H24N6OS/c1-10(2)14-17-13(22-20-14)9-23-15-19-18-12(21(15)3)8-11-4-6-16-7-5-11/h10-11,16H,4-9H2,1-3H3. The Kier molecular flexibility index (Phi) is 5.32. The maximum atomic E-state index is 5.27. The Bertz CT molecular complexity index is 632. The molecular formula is C15H24N6OS. The van der Waals surface area contributed by atoms with Crippen molar-refractivity contribution in [2.24, 2.45) is 13.0 Å². The average Bonchev–Trinajstić information content (AvgIpc) is 3.15. The number of nitrogens with one attached hydrogen (secondary N) is 1. The molecule has 1 aliphatic rings. The van der Waals surface area contributed by atoms with E-state index in [1.807, 2.05) is 7.05 Å². The Morgan fingerprint density at radius 3 is 2.78 bits per heavy atom. The van der Waals surface area contributed by atoms with Crippen molar-refractivity contribution in [1.29, 1.82) is 0 Å². The van der Waals surface area contributed by atoms with Gasteiger partial charge in [0, 0.05) is 19.4 Å². The summed E-state index contributed by atoms with van der Waals surface area (Å²) in [4.78, 5) is 4.39. The molecule has 0 unspecified atom stereocenters. The van der Waals surface area contributed by atoms with Gasteiger partial charge < -0.3 is 14.4 Å². The van der Waals surface area contributed by atoms with Crippen molar-refractivity contribution < 1.29 is 4.52 Å². The van der Waals surface area contributed by atoms with Crippen LogP contribution in [0.1, 0.15) is 50.1 Å². The summed E-state index contributed by atoms with van der Waals surface area (Å²) in [6.07, 6.45) is 3.44. The minimum absolute atomic E-state index is 0.281. The number of rotatable bonds is 6. The van der Waals surface area contributed by atoms with Gasteiger partial charge in [-0.2, -0.15) is 4.98 Å². The zero-order chi connectivity index (χ0) is 16.2. The van der Waals surface area contributed by atoms with E-state index in [4.69, 9.17) is 4.52 Å². The third-order valence-electron chi connectivity index (χ3n) is 4.18. The van der Waals surface area contributed by atoms with Crippen LogP contribution < -0.4 is 5.32 Å². The molecule has 1 N–H and O–H groups in total. The fourth-order valence-corrected chi connectivity index (χ4v) is 3.45. The van der Waals surface area contributed by atoms with Crippen LogP contribution in [-0.2, 0) is 19.2 Å². The molecule has 126 valence electrons. The van der Waals surface area contributed by atoms with Crippen molar-refractivity contribution in [3.8, 4) is 0 Å². The fraction of sp³-hybridized carbons (Fsp3) is 0.733. The zero-order valence-electron chi connectivity index (χ0n) is 13.9. The van der Waals surface area contributed by atoms with Crippen molar-refractivity contribution in [3.05, 3.63) is 17.5 Å². The Balaban J connectivity index is 1.57. The number of nitrogens with zero attached hydrogens (tertiary/aromatic N) is 5. The summed E-state index contributed by atoms with van der Waals surface area (Å²) in [7, 11) is 2.03. The topological polar surface area (TPSA) is 81.7 Å². The minimum atomic E-state index is 0.281. The Labute approximate surface area is 140 Å². The predicted octanol–water partition coefficient (Wildman–Crippen LogP) is 2.16. The zero-order valence-corrected chi connectivity index (χ0v) is 14.8. The van der Waals surface area contributed by atoms with Gasteiger partial charge in [-0.25, -0.2) is 0 Å². The quantitative estimate of drug-likeness (QED) is 0.809. The molecule has 23 heavy (non-hydrogen) atoms. The molecule has 0 spiro atoms. The second-order valence-corrected chi connectivity index (χ2v) is 7.29. The molecule has 3 heterocycles. The van der Waals surface area contributed by atoms with Crippen molar-refractivity contribution in [2.45, 2.75) is 49.9 Å². The lowest BCUT2D eigenvalue weighted by Gasteiger charge is -2.21. The molecular weight excluding hydrogens is 312 g/mol. The maximum absolute atomic E-state index is 5.27. The van der Waals surface area contributed by atoms with E-state index in [2.05, 4.69) is 44.1 Å². The molecule has 0 aliphatic carbocycles. The van der Waals surface area contributed by atoms with Crippen molar-refractivity contribution in [1.82, 2.24) is 30.2 Å². The van der Waals surface area contributed by atoms with Crippen molar-refractivity contribution >= 4 is 11.8 Å². The number of aromatic nitrogens is 5. The Hall–Kier alpha value is -1.41. The van der Waals surface area contributed by atoms with E-state index >= 15 is 0 Å². The summed E-state index contributed by atoms with van der Waals surface area (Å²) in [6.45, 7) is 6.33. The molecule has 7 nitrogen and oxygen atoms in total. The van der Waals surface area contributed by atoms with E-state index in [1.165, 1.54) is 12.8 Å². The molecule has 2 aromatic heterocycles. The summed E-state index contributed by atoms with van der Waals surface area (Å²) < 4.78 is 7.36. The first-order valence-corrected chi connectivity index (χ1v) is 9.16. The molecule has 0 bridgehead atoms. The molecule has 1 aliphatic heterocycles. The summed E-state index contributed by atoms with van der Waals surface area (Å²) >= 11 is 1.59. The van der Waals surface area contributed by atoms with Gasteiger partial charge in [0.1, 0.15) is 5.82 Å². The van der Waals surface area contributed by atoms with E-state index in [0.717, 1.165) is 36.3 Å². The molecule has 0 atom stereocenters. The Morgan fingerprint density at radius 2 is 2.09 bits per heavy atom. The third-order valence-corrected chi connectivity index (χ3v) is 5.18. The van der Waals surface area contributed by atoms with Gasteiger partial charge in [-0.15, -0.1) is 10.2 Å².